The number of β-amino-alcohol motifs (C(OH)–C–C–N with tert-alkyl or cyclic N) is 1. The lowest BCUT2D eigenvalue weighted by Crippen LogP contribution is -2.35. The van der Waals surface area contributed by atoms with E-state index in [1.165, 1.54) is 23.1 Å². The van der Waals surface area contributed by atoms with Crippen molar-refractivity contribution in [2.75, 3.05) is 19.8 Å². The lowest BCUT2D eigenvalue weighted by molar-refractivity contribution is -0.140. The van der Waals surface area contributed by atoms with Crippen LogP contribution in [0.5, 0.6) is 0 Å². The van der Waals surface area contributed by atoms with Crippen LogP contribution < -0.4 is 0 Å². The van der Waals surface area contributed by atoms with E-state index in [1.807, 2.05) is 0 Å². The summed E-state index contributed by atoms with van der Waals surface area (Å²) in [6.07, 6.45) is -4.25. The van der Waals surface area contributed by atoms with Gasteiger partial charge in [-0.25, -0.2) is 0 Å². The van der Waals surface area contributed by atoms with Crippen LogP contribution in [-0.4, -0.2) is 41.8 Å². The van der Waals surface area contributed by atoms with Gasteiger partial charge in [-0.15, -0.1) is 0 Å². The third-order valence-electron chi connectivity index (χ3n) is 4.02. The molecule has 8 heteroatoms. The van der Waals surface area contributed by atoms with Crippen LogP contribution in [0.25, 0.3) is 0 Å². The number of carbonyl (C=O) groups is 1. The number of likely N-dealkylation sites (tertiary alicyclic amines) is 1. The van der Waals surface area contributed by atoms with Gasteiger partial charge in [-0.3, -0.25) is 4.79 Å². The zero-order valence-electron chi connectivity index (χ0n) is 12.6. The number of amides is 1. The molecule has 1 fully saturated rings. The Morgan fingerprint density at radius 3 is 2.67 bits per heavy atom. The summed E-state index contributed by atoms with van der Waals surface area (Å²) < 4.78 is 50.0. The highest BCUT2D eigenvalue weighted by molar-refractivity contribution is 5.92. The lowest BCUT2D eigenvalue weighted by atomic mass is 9.97. The minimum absolute atomic E-state index is 0.0347. The van der Waals surface area contributed by atoms with Gasteiger partial charge in [-0.05, 0) is 18.1 Å². The maximum Gasteiger partial charge on any atom is 0.416 e. The molecule has 130 valence electrons. The Morgan fingerprint density at radius 2 is 2.00 bits per heavy atom. The molecule has 0 aromatic heterocycles. The fraction of sp³-hybridized carbons (Fsp3) is 0.438. The van der Waals surface area contributed by atoms with Crippen LogP contribution in [0.3, 0.4) is 0 Å². The van der Waals surface area contributed by atoms with Crippen molar-refractivity contribution in [3.05, 3.63) is 47.4 Å². The Labute approximate surface area is 136 Å². The number of hydrogen-bond donors (Lipinski definition) is 1. The predicted octanol–water partition coefficient (Wildman–Crippen LogP) is 2.23. The first kappa shape index (κ1) is 16.6. The van der Waals surface area contributed by atoms with Crippen LogP contribution in [0.1, 0.15) is 23.6 Å². The molecule has 1 saturated heterocycles. The van der Waals surface area contributed by atoms with Crippen LogP contribution in [0.4, 0.5) is 13.2 Å². The molecule has 0 spiro atoms. The standard InChI is InChI=1S/C16H16F3NO4/c17-16(18,19)12-4-2-1-3-11(12)13-7-10(21)8-20(13)15(22)14-9-23-5-6-24-14/h1-4,9-10,13,21H,5-8H2/t10-,13+/m0/s1. The fourth-order valence-corrected chi connectivity index (χ4v) is 3.00. The highest BCUT2D eigenvalue weighted by Gasteiger charge is 2.42. The minimum Gasteiger partial charge on any atom is -0.494 e. The van der Waals surface area contributed by atoms with E-state index in [4.69, 9.17) is 9.47 Å². The SMILES string of the molecule is O=C(C1=COCCO1)N1C[C@@H](O)C[C@@H]1c1ccccc1C(F)(F)F. The van der Waals surface area contributed by atoms with Crippen molar-refractivity contribution in [3.63, 3.8) is 0 Å². The van der Waals surface area contributed by atoms with Gasteiger partial charge in [0.25, 0.3) is 5.91 Å². The number of carbonyl (C=O) groups excluding carboxylic acids is 1. The highest BCUT2D eigenvalue weighted by atomic mass is 19.4. The van der Waals surface area contributed by atoms with Gasteiger partial charge in [-0.1, -0.05) is 18.2 Å². The summed E-state index contributed by atoms with van der Waals surface area (Å²) in [4.78, 5) is 13.8. The van der Waals surface area contributed by atoms with Gasteiger partial charge in [0.15, 0.2) is 0 Å². The average Bonchev–Trinajstić information content (AvgIpc) is 2.96. The third kappa shape index (κ3) is 3.19. The largest absolute Gasteiger partial charge is 0.494 e. The Hall–Kier alpha value is -2.22. The smallest absolute Gasteiger partial charge is 0.416 e. The summed E-state index contributed by atoms with van der Waals surface area (Å²) in [6, 6.07) is 4.21. The van der Waals surface area contributed by atoms with Crippen molar-refractivity contribution in [1.82, 2.24) is 4.90 Å². The third-order valence-corrected chi connectivity index (χ3v) is 4.02. The topological polar surface area (TPSA) is 59.0 Å². The van der Waals surface area contributed by atoms with Gasteiger partial charge in [0.1, 0.15) is 19.5 Å². The molecule has 5 nitrogen and oxygen atoms in total. The monoisotopic (exact) mass is 343 g/mol. The summed E-state index contributed by atoms with van der Waals surface area (Å²) in [6.45, 7) is 0.438. The molecule has 2 aliphatic rings. The van der Waals surface area contributed by atoms with E-state index in [-0.39, 0.29) is 30.9 Å². The molecule has 0 bridgehead atoms. The first-order valence-electron chi connectivity index (χ1n) is 7.47. The molecule has 0 saturated carbocycles. The Balaban J connectivity index is 1.94. The van der Waals surface area contributed by atoms with Crippen molar-refractivity contribution >= 4 is 5.91 Å². The number of aliphatic hydroxyl groups excluding tert-OH is 1. The summed E-state index contributed by atoms with van der Waals surface area (Å²) >= 11 is 0. The molecule has 1 N–H and O–H groups in total. The van der Waals surface area contributed by atoms with Crippen LogP contribution in [0.2, 0.25) is 0 Å². The molecule has 1 amide bonds. The van der Waals surface area contributed by atoms with Gasteiger partial charge in [-0.2, -0.15) is 13.2 Å². The lowest BCUT2D eigenvalue weighted by Gasteiger charge is -2.28. The molecular weight excluding hydrogens is 327 g/mol. The molecule has 0 radical (unpaired) electrons. The second-order valence-electron chi connectivity index (χ2n) is 5.65. The van der Waals surface area contributed by atoms with E-state index in [0.29, 0.717) is 6.61 Å². The van der Waals surface area contributed by atoms with Crippen molar-refractivity contribution in [1.29, 1.82) is 0 Å². The summed E-state index contributed by atoms with van der Waals surface area (Å²) in [7, 11) is 0. The highest BCUT2D eigenvalue weighted by Crippen LogP contribution is 2.40. The van der Waals surface area contributed by atoms with E-state index in [2.05, 4.69) is 0 Å². The van der Waals surface area contributed by atoms with E-state index in [0.717, 1.165) is 12.3 Å². The molecule has 0 unspecified atom stereocenters. The van der Waals surface area contributed by atoms with Crippen LogP contribution in [-0.2, 0) is 20.4 Å². The fourth-order valence-electron chi connectivity index (χ4n) is 3.00. The second-order valence-corrected chi connectivity index (χ2v) is 5.65. The number of rotatable bonds is 2. The van der Waals surface area contributed by atoms with Gasteiger partial charge in [0.05, 0.1) is 17.7 Å². The van der Waals surface area contributed by atoms with Crippen molar-refractivity contribution in [3.8, 4) is 0 Å². The van der Waals surface area contributed by atoms with Gasteiger partial charge in [0.2, 0.25) is 5.76 Å². The van der Waals surface area contributed by atoms with E-state index < -0.39 is 29.8 Å². The summed E-state index contributed by atoms with van der Waals surface area (Å²) in [5.74, 6) is -0.655. The summed E-state index contributed by atoms with van der Waals surface area (Å²) in [5.41, 5.74) is -0.844. The molecular formula is C16H16F3NO4. The van der Waals surface area contributed by atoms with Crippen LogP contribution in [0, 0.1) is 0 Å². The Kier molecular flexibility index (Phi) is 4.40. The number of ether oxygens (including phenoxy) is 2. The van der Waals surface area contributed by atoms with E-state index in [9.17, 15) is 23.1 Å². The first-order valence-corrected chi connectivity index (χ1v) is 7.47. The van der Waals surface area contributed by atoms with Crippen LogP contribution in [0.15, 0.2) is 36.3 Å². The maximum absolute atomic E-state index is 13.3. The predicted molar refractivity (Wildman–Crippen MR) is 76.5 cm³/mol. The first-order chi connectivity index (χ1) is 11.4. The Bertz CT molecular complexity index is 659. The number of benzene rings is 1. The van der Waals surface area contributed by atoms with Crippen molar-refractivity contribution in [2.24, 2.45) is 0 Å². The molecule has 2 heterocycles. The molecule has 3 rings (SSSR count). The van der Waals surface area contributed by atoms with Gasteiger partial charge >= 0.3 is 6.18 Å². The number of hydrogen-bond acceptors (Lipinski definition) is 4. The zero-order valence-corrected chi connectivity index (χ0v) is 12.6. The number of aliphatic hydroxyl groups is 1. The zero-order chi connectivity index (χ0) is 17.3. The van der Waals surface area contributed by atoms with Crippen LogP contribution >= 0.6 is 0 Å². The second kappa shape index (κ2) is 6.35. The number of nitrogens with zero attached hydrogens (tertiary/aromatic N) is 1. The molecule has 2 atom stereocenters. The normalized spacial score (nSPS) is 24.2. The van der Waals surface area contributed by atoms with Gasteiger partial charge < -0.3 is 19.5 Å². The minimum atomic E-state index is -4.54. The Morgan fingerprint density at radius 1 is 1.25 bits per heavy atom. The number of alkyl halides is 3. The molecule has 24 heavy (non-hydrogen) atoms. The molecule has 2 aliphatic heterocycles. The van der Waals surface area contributed by atoms with Gasteiger partial charge in [0, 0.05) is 6.54 Å². The quantitative estimate of drug-likeness (QED) is 0.895. The summed E-state index contributed by atoms with van der Waals surface area (Å²) in [5, 5.41) is 9.91. The van der Waals surface area contributed by atoms with E-state index >= 15 is 0 Å². The number of halogens is 3. The van der Waals surface area contributed by atoms with E-state index in [1.54, 1.807) is 0 Å². The van der Waals surface area contributed by atoms with Crippen molar-refractivity contribution < 1.29 is 32.5 Å². The maximum atomic E-state index is 13.3. The van der Waals surface area contributed by atoms with Crippen molar-refractivity contribution in [2.45, 2.75) is 24.7 Å². The molecule has 0 aliphatic carbocycles. The molecule has 1 aromatic carbocycles. The molecule has 1 aromatic rings. The average molecular weight is 343 g/mol.